The Bertz CT molecular complexity index is 238. The molecule has 0 spiro atoms. The highest BCUT2D eigenvalue weighted by atomic mass is 16.5. The van der Waals surface area contributed by atoms with Crippen LogP contribution < -0.4 is 0 Å². The minimum absolute atomic E-state index is 0.0633. The third-order valence-electron chi connectivity index (χ3n) is 2.99. The first-order valence-electron chi connectivity index (χ1n) is 5.64. The standard InChI is InChI=1S/C12H21NO2/c1-4-10(2)8-13-7-5-6-11(9-13)12(14)15-3/h11H,2,4-9H2,1,3H3. The van der Waals surface area contributed by atoms with Gasteiger partial charge in [0, 0.05) is 13.1 Å². The number of rotatable bonds is 4. The molecule has 0 aromatic heterocycles. The van der Waals surface area contributed by atoms with Gasteiger partial charge >= 0.3 is 5.97 Å². The van der Waals surface area contributed by atoms with Crippen molar-refractivity contribution < 1.29 is 9.53 Å². The fraction of sp³-hybridized carbons (Fsp3) is 0.750. The predicted molar refractivity (Wildman–Crippen MR) is 60.6 cm³/mol. The van der Waals surface area contributed by atoms with E-state index in [1.165, 1.54) is 12.7 Å². The zero-order chi connectivity index (χ0) is 11.3. The number of piperidine rings is 1. The highest BCUT2D eigenvalue weighted by molar-refractivity contribution is 5.72. The Kier molecular flexibility index (Phi) is 4.82. The number of methoxy groups -OCH3 is 1. The van der Waals surface area contributed by atoms with E-state index in [4.69, 9.17) is 4.74 Å². The molecule has 0 aromatic carbocycles. The topological polar surface area (TPSA) is 29.5 Å². The normalized spacial score (nSPS) is 22.4. The molecule has 0 N–H and O–H groups in total. The number of nitrogens with zero attached hydrogens (tertiary/aromatic N) is 1. The number of carbonyl (C=O) groups is 1. The quantitative estimate of drug-likeness (QED) is 0.525. The summed E-state index contributed by atoms with van der Waals surface area (Å²) in [6, 6.07) is 0. The summed E-state index contributed by atoms with van der Waals surface area (Å²) in [5, 5.41) is 0. The van der Waals surface area contributed by atoms with Crippen LogP contribution in [-0.4, -0.2) is 37.6 Å². The summed E-state index contributed by atoms with van der Waals surface area (Å²) in [5.74, 6) is -0.00443. The average molecular weight is 211 g/mol. The molecule has 1 saturated heterocycles. The van der Waals surface area contributed by atoms with Crippen LogP contribution in [0.3, 0.4) is 0 Å². The van der Waals surface area contributed by atoms with E-state index in [1.807, 2.05) is 0 Å². The van der Waals surface area contributed by atoms with Crippen LogP contribution in [-0.2, 0) is 9.53 Å². The van der Waals surface area contributed by atoms with Gasteiger partial charge in [0.05, 0.1) is 13.0 Å². The second kappa shape index (κ2) is 5.91. The van der Waals surface area contributed by atoms with Gasteiger partial charge in [-0.25, -0.2) is 0 Å². The van der Waals surface area contributed by atoms with Crippen molar-refractivity contribution in [3.8, 4) is 0 Å². The minimum atomic E-state index is -0.0678. The van der Waals surface area contributed by atoms with E-state index in [1.54, 1.807) is 0 Å². The second-order valence-corrected chi connectivity index (χ2v) is 4.20. The molecule has 1 unspecified atom stereocenters. The van der Waals surface area contributed by atoms with Crippen LogP contribution in [0, 0.1) is 5.92 Å². The summed E-state index contributed by atoms with van der Waals surface area (Å²) in [6.07, 6.45) is 3.05. The maximum atomic E-state index is 11.4. The molecule has 0 radical (unpaired) electrons. The summed E-state index contributed by atoms with van der Waals surface area (Å²) in [4.78, 5) is 13.7. The van der Waals surface area contributed by atoms with Gasteiger partial charge in [0.2, 0.25) is 0 Å². The smallest absolute Gasteiger partial charge is 0.309 e. The molecule has 1 atom stereocenters. The van der Waals surface area contributed by atoms with Crippen molar-refractivity contribution in [2.24, 2.45) is 5.92 Å². The van der Waals surface area contributed by atoms with Crippen molar-refractivity contribution >= 4 is 5.97 Å². The zero-order valence-corrected chi connectivity index (χ0v) is 9.79. The third-order valence-corrected chi connectivity index (χ3v) is 2.99. The highest BCUT2D eigenvalue weighted by Crippen LogP contribution is 2.18. The Morgan fingerprint density at radius 3 is 2.93 bits per heavy atom. The lowest BCUT2D eigenvalue weighted by atomic mass is 9.98. The van der Waals surface area contributed by atoms with Crippen LogP contribution in [0.2, 0.25) is 0 Å². The van der Waals surface area contributed by atoms with Gasteiger partial charge in [-0.1, -0.05) is 19.1 Å². The van der Waals surface area contributed by atoms with E-state index in [9.17, 15) is 4.79 Å². The Morgan fingerprint density at radius 2 is 2.33 bits per heavy atom. The molecule has 1 aliphatic heterocycles. The van der Waals surface area contributed by atoms with Gasteiger partial charge in [0.15, 0.2) is 0 Å². The monoisotopic (exact) mass is 211 g/mol. The molecular weight excluding hydrogens is 190 g/mol. The van der Waals surface area contributed by atoms with Crippen molar-refractivity contribution in [2.75, 3.05) is 26.7 Å². The molecule has 0 saturated carbocycles. The van der Waals surface area contributed by atoms with E-state index >= 15 is 0 Å². The van der Waals surface area contributed by atoms with Crippen LogP contribution in [0.1, 0.15) is 26.2 Å². The van der Waals surface area contributed by atoms with E-state index in [0.29, 0.717) is 0 Å². The summed E-state index contributed by atoms with van der Waals surface area (Å²) in [7, 11) is 1.46. The van der Waals surface area contributed by atoms with Crippen molar-refractivity contribution in [1.82, 2.24) is 4.90 Å². The van der Waals surface area contributed by atoms with Crippen LogP contribution in [0.15, 0.2) is 12.2 Å². The second-order valence-electron chi connectivity index (χ2n) is 4.20. The molecule has 1 rings (SSSR count). The Hall–Kier alpha value is -0.830. The third kappa shape index (κ3) is 3.67. The zero-order valence-electron chi connectivity index (χ0n) is 9.79. The fourth-order valence-corrected chi connectivity index (χ4v) is 1.99. The number of hydrogen-bond donors (Lipinski definition) is 0. The van der Waals surface area contributed by atoms with Crippen molar-refractivity contribution in [3.05, 3.63) is 12.2 Å². The van der Waals surface area contributed by atoms with E-state index < -0.39 is 0 Å². The molecule has 3 nitrogen and oxygen atoms in total. The van der Waals surface area contributed by atoms with E-state index in [0.717, 1.165) is 38.9 Å². The van der Waals surface area contributed by atoms with Gasteiger partial charge < -0.3 is 4.74 Å². The number of hydrogen-bond acceptors (Lipinski definition) is 3. The number of carbonyl (C=O) groups excluding carboxylic acids is 1. The van der Waals surface area contributed by atoms with Crippen LogP contribution in [0.5, 0.6) is 0 Å². The molecule has 1 aliphatic rings. The molecule has 86 valence electrons. The average Bonchev–Trinajstić information content (AvgIpc) is 2.28. The SMILES string of the molecule is C=C(CC)CN1CCCC(C(=O)OC)C1. The molecule has 0 bridgehead atoms. The first kappa shape index (κ1) is 12.2. The molecule has 3 heteroatoms. The van der Waals surface area contributed by atoms with E-state index in [2.05, 4.69) is 18.4 Å². The first-order valence-corrected chi connectivity index (χ1v) is 5.64. The number of ether oxygens (including phenoxy) is 1. The van der Waals surface area contributed by atoms with Crippen LogP contribution >= 0.6 is 0 Å². The molecule has 0 aromatic rings. The summed E-state index contributed by atoms with van der Waals surface area (Å²) in [6.45, 7) is 8.94. The lowest BCUT2D eigenvalue weighted by Crippen LogP contribution is -2.39. The van der Waals surface area contributed by atoms with Crippen molar-refractivity contribution in [2.45, 2.75) is 26.2 Å². The van der Waals surface area contributed by atoms with Gasteiger partial charge in [-0.05, 0) is 25.8 Å². The fourth-order valence-electron chi connectivity index (χ4n) is 1.99. The Labute approximate surface area is 92.1 Å². The van der Waals surface area contributed by atoms with Gasteiger partial charge in [0.25, 0.3) is 0 Å². The maximum absolute atomic E-state index is 11.4. The summed E-state index contributed by atoms with van der Waals surface area (Å²) < 4.78 is 4.78. The van der Waals surface area contributed by atoms with Crippen molar-refractivity contribution in [1.29, 1.82) is 0 Å². The number of likely N-dealkylation sites (tertiary alicyclic amines) is 1. The lowest BCUT2D eigenvalue weighted by molar-refractivity contribution is -0.147. The molecule has 1 heterocycles. The van der Waals surface area contributed by atoms with Crippen molar-refractivity contribution in [3.63, 3.8) is 0 Å². The molecule has 0 aliphatic carbocycles. The Morgan fingerprint density at radius 1 is 1.60 bits per heavy atom. The van der Waals surface area contributed by atoms with Crippen LogP contribution in [0.25, 0.3) is 0 Å². The predicted octanol–water partition coefficient (Wildman–Crippen LogP) is 1.84. The first-order chi connectivity index (χ1) is 7.17. The van der Waals surface area contributed by atoms with Gasteiger partial charge in [-0.15, -0.1) is 0 Å². The summed E-state index contributed by atoms with van der Waals surface area (Å²) in [5.41, 5.74) is 1.24. The molecular formula is C12H21NO2. The van der Waals surface area contributed by atoms with Gasteiger partial charge in [-0.3, -0.25) is 9.69 Å². The van der Waals surface area contributed by atoms with Crippen LogP contribution in [0.4, 0.5) is 0 Å². The van der Waals surface area contributed by atoms with Gasteiger partial charge in [-0.2, -0.15) is 0 Å². The minimum Gasteiger partial charge on any atom is -0.469 e. The van der Waals surface area contributed by atoms with Gasteiger partial charge in [0.1, 0.15) is 0 Å². The molecule has 0 amide bonds. The maximum Gasteiger partial charge on any atom is 0.309 e. The summed E-state index contributed by atoms with van der Waals surface area (Å²) >= 11 is 0. The highest BCUT2D eigenvalue weighted by Gasteiger charge is 2.26. The Balaban J connectivity index is 2.42. The lowest BCUT2D eigenvalue weighted by Gasteiger charge is -2.31. The molecule has 1 fully saturated rings. The van der Waals surface area contributed by atoms with E-state index in [-0.39, 0.29) is 11.9 Å². The number of esters is 1. The molecule has 15 heavy (non-hydrogen) atoms. The largest absolute Gasteiger partial charge is 0.469 e.